The lowest BCUT2D eigenvalue weighted by Gasteiger charge is -2.18. The number of ether oxygens (including phenoxy) is 1. The number of aliphatic hydroxyl groups is 1. The van der Waals surface area contributed by atoms with Gasteiger partial charge < -0.3 is 9.84 Å². The summed E-state index contributed by atoms with van der Waals surface area (Å²) >= 11 is 0. The molecule has 0 rings (SSSR count). The Balaban J connectivity index is 4.46. The molecule has 1 unspecified atom stereocenters. The zero-order valence-corrected chi connectivity index (χ0v) is 9.31. The van der Waals surface area contributed by atoms with E-state index in [1.807, 2.05) is 6.92 Å². The number of rotatable bonds is 4. The minimum atomic E-state index is -1.79. The standard InChI is InChI=1S/C8H18O3P/c1-6-11-8(4,5)12(10)7(2,3)9/h9H,6H2,1-5H3/q+1. The molecule has 0 heterocycles. The van der Waals surface area contributed by atoms with Crippen molar-refractivity contribution in [2.45, 2.75) is 45.3 Å². The third kappa shape index (κ3) is 3.18. The van der Waals surface area contributed by atoms with E-state index < -0.39 is 18.5 Å². The Kier molecular flexibility index (Phi) is 3.83. The van der Waals surface area contributed by atoms with E-state index in [9.17, 15) is 9.67 Å². The fraction of sp³-hybridized carbons (Fsp3) is 1.00. The Morgan fingerprint density at radius 3 is 2.00 bits per heavy atom. The molecule has 1 atom stereocenters. The first-order chi connectivity index (χ1) is 5.22. The van der Waals surface area contributed by atoms with Crippen LogP contribution in [0.15, 0.2) is 0 Å². The molecule has 0 radical (unpaired) electrons. The lowest BCUT2D eigenvalue weighted by molar-refractivity contribution is 0.0448. The van der Waals surface area contributed by atoms with E-state index >= 15 is 0 Å². The van der Waals surface area contributed by atoms with Crippen molar-refractivity contribution < 1.29 is 14.4 Å². The van der Waals surface area contributed by atoms with Gasteiger partial charge in [0.25, 0.3) is 10.7 Å². The van der Waals surface area contributed by atoms with Crippen LogP contribution in [0.2, 0.25) is 0 Å². The molecule has 0 fully saturated rings. The van der Waals surface area contributed by atoms with Crippen LogP contribution in [0.4, 0.5) is 0 Å². The van der Waals surface area contributed by atoms with Gasteiger partial charge in [-0.05, 0) is 6.92 Å². The van der Waals surface area contributed by atoms with Crippen molar-refractivity contribution in [3.63, 3.8) is 0 Å². The zero-order valence-electron chi connectivity index (χ0n) is 8.42. The van der Waals surface area contributed by atoms with Gasteiger partial charge >= 0.3 is 7.80 Å². The Hall–Kier alpha value is 0.0200. The highest BCUT2D eigenvalue weighted by molar-refractivity contribution is 7.47. The Bertz CT molecular complexity index is 170. The molecule has 3 nitrogen and oxygen atoms in total. The summed E-state index contributed by atoms with van der Waals surface area (Å²) in [6.45, 7) is 8.87. The summed E-state index contributed by atoms with van der Waals surface area (Å²) in [5, 5.41) is 7.56. The predicted molar refractivity (Wildman–Crippen MR) is 49.6 cm³/mol. The molecule has 0 aromatic rings. The summed E-state index contributed by atoms with van der Waals surface area (Å²) in [6, 6.07) is 0. The lowest BCUT2D eigenvalue weighted by atomic mass is 10.4. The van der Waals surface area contributed by atoms with Crippen molar-refractivity contribution in [3.05, 3.63) is 0 Å². The minimum absolute atomic E-state index is 0.504. The highest BCUT2D eigenvalue weighted by atomic mass is 31.1. The molecule has 0 saturated heterocycles. The summed E-state index contributed by atoms with van der Waals surface area (Å²) in [6.07, 6.45) is 0. The summed E-state index contributed by atoms with van der Waals surface area (Å²) in [5.41, 5.74) is 0. The van der Waals surface area contributed by atoms with Crippen LogP contribution >= 0.6 is 7.80 Å². The highest BCUT2D eigenvalue weighted by Gasteiger charge is 2.51. The van der Waals surface area contributed by atoms with Crippen molar-refractivity contribution in [3.8, 4) is 0 Å². The molecule has 0 aliphatic rings. The van der Waals surface area contributed by atoms with Crippen molar-refractivity contribution in [1.29, 1.82) is 0 Å². The second kappa shape index (κ2) is 3.82. The third-order valence-corrected chi connectivity index (χ3v) is 3.58. The van der Waals surface area contributed by atoms with Crippen LogP contribution in [0.25, 0.3) is 0 Å². The zero-order chi connectivity index (χ0) is 9.99. The van der Waals surface area contributed by atoms with Crippen LogP contribution in [0.1, 0.15) is 34.6 Å². The van der Waals surface area contributed by atoms with Gasteiger partial charge in [-0.2, -0.15) is 0 Å². The van der Waals surface area contributed by atoms with E-state index in [1.54, 1.807) is 13.8 Å². The van der Waals surface area contributed by atoms with Crippen molar-refractivity contribution in [2.75, 3.05) is 6.61 Å². The lowest BCUT2D eigenvalue weighted by Crippen LogP contribution is -2.28. The molecule has 0 aliphatic heterocycles. The Morgan fingerprint density at radius 1 is 1.33 bits per heavy atom. The third-order valence-electron chi connectivity index (χ3n) is 1.48. The molecular formula is C8H18O3P+. The van der Waals surface area contributed by atoms with Crippen molar-refractivity contribution in [2.24, 2.45) is 0 Å². The van der Waals surface area contributed by atoms with Gasteiger partial charge in [0.05, 0.1) is 0 Å². The SMILES string of the molecule is CCOC(C)(C)[P+](=O)C(C)(C)O. The molecule has 72 valence electrons. The van der Waals surface area contributed by atoms with Gasteiger partial charge in [-0.25, -0.2) is 0 Å². The van der Waals surface area contributed by atoms with E-state index in [0.29, 0.717) is 6.61 Å². The predicted octanol–water partition coefficient (Wildman–Crippen LogP) is 2.31. The number of hydrogen-bond acceptors (Lipinski definition) is 3. The van der Waals surface area contributed by atoms with E-state index in [4.69, 9.17) is 4.74 Å². The molecule has 0 amide bonds. The Morgan fingerprint density at radius 2 is 1.75 bits per heavy atom. The van der Waals surface area contributed by atoms with E-state index in [-0.39, 0.29) is 0 Å². The summed E-state index contributed by atoms with van der Waals surface area (Å²) < 4.78 is 16.9. The molecule has 0 bridgehead atoms. The molecule has 0 spiro atoms. The van der Waals surface area contributed by atoms with E-state index in [0.717, 1.165) is 0 Å². The van der Waals surface area contributed by atoms with Crippen molar-refractivity contribution >= 4 is 7.80 Å². The molecular weight excluding hydrogens is 175 g/mol. The highest BCUT2D eigenvalue weighted by Crippen LogP contribution is 2.48. The topological polar surface area (TPSA) is 46.5 Å². The molecule has 1 N–H and O–H groups in total. The van der Waals surface area contributed by atoms with Gasteiger partial charge in [-0.3, -0.25) is 0 Å². The molecule has 0 aromatic heterocycles. The van der Waals surface area contributed by atoms with Crippen molar-refractivity contribution in [1.82, 2.24) is 0 Å². The maximum atomic E-state index is 11.6. The monoisotopic (exact) mass is 193 g/mol. The molecule has 12 heavy (non-hydrogen) atoms. The van der Waals surface area contributed by atoms with Gasteiger partial charge in [0.1, 0.15) is 0 Å². The minimum Gasteiger partial charge on any atom is -0.349 e. The second-order valence-corrected chi connectivity index (χ2v) is 6.43. The van der Waals surface area contributed by atoms with Crippen LogP contribution in [0.3, 0.4) is 0 Å². The molecule has 0 aromatic carbocycles. The van der Waals surface area contributed by atoms with Gasteiger partial charge in [-0.1, -0.05) is 4.57 Å². The largest absolute Gasteiger partial charge is 0.406 e. The van der Waals surface area contributed by atoms with Gasteiger partial charge in [-0.15, -0.1) is 0 Å². The number of hydrogen-bond donors (Lipinski definition) is 1. The fourth-order valence-corrected chi connectivity index (χ4v) is 2.63. The van der Waals surface area contributed by atoms with Crippen LogP contribution in [-0.2, 0) is 9.30 Å². The first-order valence-electron chi connectivity index (χ1n) is 4.05. The first kappa shape index (κ1) is 12.0. The normalized spacial score (nSPS) is 14.7. The smallest absolute Gasteiger partial charge is 0.349 e. The van der Waals surface area contributed by atoms with Crippen LogP contribution in [-0.4, -0.2) is 22.4 Å². The van der Waals surface area contributed by atoms with E-state index in [2.05, 4.69) is 0 Å². The summed E-state index contributed by atoms with van der Waals surface area (Å²) in [5.74, 6) is 0. The van der Waals surface area contributed by atoms with Crippen LogP contribution < -0.4 is 0 Å². The average molecular weight is 193 g/mol. The molecule has 0 saturated carbocycles. The summed E-state index contributed by atoms with van der Waals surface area (Å²) in [7, 11) is -1.79. The van der Waals surface area contributed by atoms with Crippen LogP contribution in [0, 0.1) is 0 Å². The quantitative estimate of drug-likeness (QED) is 0.697. The van der Waals surface area contributed by atoms with E-state index in [1.165, 1.54) is 13.8 Å². The molecule has 0 aliphatic carbocycles. The maximum Gasteiger partial charge on any atom is 0.406 e. The van der Waals surface area contributed by atoms with Gasteiger partial charge in [0.15, 0.2) is 0 Å². The summed E-state index contributed by atoms with van der Waals surface area (Å²) in [4.78, 5) is 0. The van der Waals surface area contributed by atoms with Gasteiger partial charge in [0.2, 0.25) is 0 Å². The Labute approximate surface area is 74.9 Å². The van der Waals surface area contributed by atoms with Crippen LogP contribution in [0.5, 0.6) is 0 Å². The second-order valence-electron chi connectivity index (χ2n) is 3.67. The maximum absolute atomic E-state index is 11.6. The fourth-order valence-electron chi connectivity index (χ4n) is 1.07. The average Bonchev–Trinajstić information content (AvgIpc) is 1.84. The van der Waals surface area contributed by atoms with Gasteiger partial charge in [0, 0.05) is 34.3 Å². The first-order valence-corrected chi connectivity index (χ1v) is 5.31. The molecule has 4 heteroatoms.